The van der Waals surface area contributed by atoms with Crippen LogP contribution in [-0.2, 0) is 0 Å². The molecule has 0 fully saturated rings. The molecule has 4 rings (SSSR count). The van der Waals surface area contributed by atoms with Crippen molar-refractivity contribution in [2.75, 3.05) is 18.7 Å². The van der Waals surface area contributed by atoms with Crippen molar-refractivity contribution in [2.24, 2.45) is 5.73 Å². The predicted molar refractivity (Wildman–Crippen MR) is 135 cm³/mol. The summed E-state index contributed by atoms with van der Waals surface area (Å²) in [6.07, 6.45) is 2.00. The van der Waals surface area contributed by atoms with Crippen LogP contribution < -0.4 is 15.8 Å². The van der Waals surface area contributed by atoms with Crippen LogP contribution in [0.4, 0.5) is 5.69 Å². The normalized spacial score (nSPS) is 10.7. The van der Waals surface area contributed by atoms with Crippen molar-refractivity contribution in [1.82, 2.24) is 4.98 Å². The molecule has 2 aromatic heterocycles. The number of aromatic nitrogens is 1. The van der Waals surface area contributed by atoms with Gasteiger partial charge in [-0.05, 0) is 48.7 Å². The van der Waals surface area contributed by atoms with Crippen molar-refractivity contribution in [3.63, 3.8) is 0 Å². The van der Waals surface area contributed by atoms with Crippen LogP contribution in [0, 0.1) is 5.41 Å². The Labute approximate surface area is 198 Å². The van der Waals surface area contributed by atoms with Crippen molar-refractivity contribution < 1.29 is 9.53 Å². The number of methoxy groups -OCH3 is 1. The summed E-state index contributed by atoms with van der Waals surface area (Å²) >= 11 is 4.67. The number of hydrogen-bond donors (Lipinski definition) is 3. The van der Waals surface area contributed by atoms with E-state index in [-0.39, 0.29) is 11.7 Å². The van der Waals surface area contributed by atoms with Gasteiger partial charge in [0.25, 0.3) is 5.91 Å². The third kappa shape index (κ3) is 4.69. The molecule has 9 heteroatoms. The van der Waals surface area contributed by atoms with E-state index >= 15 is 0 Å². The lowest BCUT2D eigenvalue weighted by Gasteiger charge is -2.07. The number of anilines is 1. The number of rotatable bonds is 7. The molecule has 4 aromatic rings. The first-order chi connectivity index (χ1) is 15.5. The minimum atomic E-state index is -0.191. The lowest BCUT2D eigenvalue weighted by molar-refractivity contribution is 0.102. The largest absolute Gasteiger partial charge is 0.497 e. The topological polar surface area (TPSA) is 101 Å². The van der Waals surface area contributed by atoms with E-state index in [9.17, 15) is 4.79 Å². The number of thioether (sulfide) groups is 1. The summed E-state index contributed by atoms with van der Waals surface area (Å²) in [5, 5.41) is 13.5. The molecule has 0 spiro atoms. The fourth-order valence-electron chi connectivity index (χ4n) is 3.04. The van der Waals surface area contributed by atoms with Crippen LogP contribution in [0.15, 0.2) is 64.2 Å². The average Bonchev–Trinajstić information content (AvgIpc) is 3.46. The van der Waals surface area contributed by atoms with Gasteiger partial charge in [0.1, 0.15) is 16.6 Å². The van der Waals surface area contributed by atoms with Gasteiger partial charge in [0.2, 0.25) is 0 Å². The Morgan fingerprint density at radius 1 is 1.19 bits per heavy atom. The van der Waals surface area contributed by atoms with Gasteiger partial charge in [-0.2, -0.15) is 0 Å². The van der Waals surface area contributed by atoms with Crippen molar-refractivity contribution in [3.05, 3.63) is 70.4 Å². The smallest absolute Gasteiger partial charge is 0.255 e. The van der Waals surface area contributed by atoms with E-state index in [0.717, 1.165) is 30.9 Å². The van der Waals surface area contributed by atoms with Gasteiger partial charge in [0.15, 0.2) is 0 Å². The summed E-state index contributed by atoms with van der Waals surface area (Å²) in [6, 6.07) is 16.5. The van der Waals surface area contributed by atoms with Crippen molar-refractivity contribution >= 4 is 51.9 Å². The van der Waals surface area contributed by atoms with Crippen LogP contribution in [0.5, 0.6) is 5.75 Å². The molecule has 0 aliphatic heterocycles. The predicted octanol–water partition coefficient (Wildman–Crippen LogP) is 5.81. The van der Waals surface area contributed by atoms with E-state index in [1.807, 2.05) is 42.0 Å². The number of thiophene rings is 1. The number of amidine groups is 1. The van der Waals surface area contributed by atoms with Crippen LogP contribution in [-0.4, -0.2) is 30.1 Å². The Morgan fingerprint density at radius 2 is 1.97 bits per heavy atom. The molecule has 6 nitrogen and oxygen atoms in total. The molecule has 0 aliphatic rings. The van der Waals surface area contributed by atoms with Gasteiger partial charge in [0, 0.05) is 27.8 Å². The van der Waals surface area contributed by atoms with Gasteiger partial charge in [-0.1, -0.05) is 12.1 Å². The lowest BCUT2D eigenvalue weighted by Crippen LogP contribution is -2.11. The van der Waals surface area contributed by atoms with Gasteiger partial charge in [-0.25, -0.2) is 4.98 Å². The highest BCUT2D eigenvalue weighted by Crippen LogP contribution is 2.40. The number of nitrogens with one attached hydrogen (secondary N) is 2. The van der Waals surface area contributed by atoms with Crippen LogP contribution in [0.2, 0.25) is 0 Å². The minimum Gasteiger partial charge on any atom is -0.497 e. The van der Waals surface area contributed by atoms with E-state index in [1.54, 1.807) is 54.5 Å². The van der Waals surface area contributed by atoms with Gasteiger partial charge in [-0.3, -0.25) is 10.2 Å². The number of nitrogen functional groups attached to an aromatic ring is 1. The standard InChI is InChI=1S/C23H20N4O2S3/c1-29-16-8-6-13(7-9-16)21(28)26-15-5-3-4-14(10-15)18-12-31-22(27-18)17-11-19(20(24)25)32-23(17)30-2/h3-12H,1-2H3,(H3,24,25)(H,26,28). The Kier molecular flexibility index (Phi) is 6.59. The molecule has 4 N–H and O–H groups in total. The Hall–Kier alpha value is -3.14. The highest BCUT2D eigenvalue weighted by Gasteiger charge is 2.16. The quantitative estimate of drug-likeness (QED) is 0.176. The molecule has 1 amide bonds. The molecule has 0 unspecified atom stereocenters. The molecule has 2 heterocycles. The third-order valence-corrected chi connectivity index (χ3v) is 7.83. The molecular formula is C23H20N4O2S3. The average molecular weight is 481 g/mol. The second-order valence-electron chi connectivity index (χ2n) is 6.73. The van der Waals surface area contributed by atoms with Crippen LogP contribution in [0.3, 0.4) is 0 Å². The number of carbonyl (C=O) groups excluding carboxylic acids is 1. The number of hydrogen-bond acceptors (Lipinski definition) is 7. The number of ether oxygens (including phenoxy) is 1. The molecule has 0 saturated heterocycles. The summed E-state index contributed by atoms with van der Waals surface area (Å²) in [5.41, 5.74) is 9.64. The lowest BCUT2D eigenvalue weighted by atomic mass is 10.1. The molecule has 2 aromatic carbocycles. The monoisotopic (exact) mass is 480 g/mol. The van der Waals surface area contributed by atoms with E-state index in [2.05, 4.69) is 5.32 Å². The zero-order valence-corrected chi connectivity index (χ0v) is 19.8. The molecule has 0 bridgehead atoms. The molecule has 32 heavy (non-hydrogen) atoms. The number of benzene rings is 2. The maximum atomic E-state index is 12.6. The Morgan fingerprint density at radius 3 is 2.66 bits per heavy atom. The van der Waals surface area contributed by atoms with Crippen molar-refractivity contribution in [3.8, 4) is 27.6 Å². The molecule has 0 saturated carbocycles. The number of amides is 1. The van der Waals surface area contributed by atoms with E-state index in [0.29, 0.717) is 17.0 Å². The number of carbonyl (C=O) groups is 1. The maximum absolute atomic E-state index is 12.6. The summed E-state index contributed by atoms with van der Waals surface area (Å²) in [4.78, 5) is 18.1. The van der Waals surface area contributed by atoms with Crippen LogP contribution in [0.25, 0.3) is 21.8 Å². The van der Waals surface area contributed by atoms with Crippen LogP contribution in [0.1, 0.15) is 15.2 Å². The fourth-order valence-corrected chi connectivity index (χ4v) is 5.75. The molecular weight excluding hydrogens is 460 g/mol. The molecule has 0 aliphatic carbocycles. The minimum absolute atomic E-state index is 0.0635. The van der Waals surface area contributed by atoms with Gasteiger partial charge < -0.3 is 15.8 Å². The first kappa shape index (κ1) is 22.1. The van der Waals surface area contributed by atoms with E-state index in [1.165, 1.54) is 11.3 Å². The first-order valence-corrected chi connectivity index (χ1v) is 12.4. The second-order valence-corrected chi connectivity index (χ2v) is 9.72. The summed E-state index contributed by atoms with van der Waals surface area (Å²) < 4.78 is 6.22. The third-order valence-electron chi connectivity index (χ3n) is 4.65. The highest BCUT2D eigenvalue weighted by molar-refractivity contribution is 8.00. The molecule has 162 valence electrons. The van der Waals surface area contributed by atoms with Crippen molar-refractivity contribution in [1.29, 1.82) is 5.41 Å². The second kappa shape index (κ2) is 9.56. The zero-order valence-electron chi connectivity index (χ0n) is 17.3. The maximum Gasteiger partial charge on any atom is 0.255 e. The molecule has 0 radical (unpaired) electrons. The Bertz CT molecular complexity index is 1280. The van der Waals surface area contributed by atoms with Crippen LogP contribution >= 0.6 is 34.4 Å². The number of thiazole rings is 1. The van der Waals surface area contributed by atoms with Gasteiger partial charge in [0.05, 0.1) is 21.9 Å². The van der Waals surface area contributed by atoms with E-state index < -0.39 is 0 Å². The molecule has 0 atom stereocenters. The zero-order chi connectivity index (χ0) is 22.7. The summed E-state index contributed by atoms with van der Waals surface area (Å²) in [5.74, 6) is 0.575. The summed E-state index contributed by atoms with van der Waals surface area (Å²) in [6.45, 7) is 0. The first-order valence-electron chi connectivity index (χ1n) is 9.52. The van der Waals surface area contributed by atoms with Gasteiger partial charge >= 0.3 is 0 Å². The number of nitrogens with two attached hydrogens (primary N) is 1. The van der Waals surface area contributed by atoms with Crippen molar-refractivity contribution in [2.45, 2.75) is 4.21 Å². The highest BCUT2D eigenvalue weighted by atomic mass is 32.2. The Balaban J connectivity index is 1.56. The number of nitrogens with zero attached hydrogens (tertiary/aromatic N) is 1. The SMILES string of the molecule is COc1ccc(C(=O)Nc2cccc(-c3csc(-c4cc(C(=N)N)sc4SC)n3)c2)cc1. The summed E-state index contributed by atoms with van der Waals surface area (Å²) in [7, 11) is 1.59. The van der Waals surface area contributed by atoms with Gasteiger partial charge in [-0.15, -0.1) is 34.4 Å². The fraction of sp³-hybridized carbons (Fsp3) is 0.0870. The van der Waals surface area contributed by atoms with E-state index in [4.69, 9.17) is 20.9 Å².